The smallest absolute Gasteiger partial charge is 0.123 e. The molecule has 0 saturated heterocycles. The standard InChI is InChI=1S/C12H19ClN4/c1-5-6-15-12(4,7-14)8-17-10(3)11(13)9(2)16-17/h15H,5-6,8H2,1-4H3. The summed E-state index contributed by atoms with van der Waals surface area (Å²) < 4.78 is 1.80. The number of hydrogen-bond donors (Lipinski definition) is 1. The fraction of sp³-hybridized carbons (Fsp3) is 0.667. The van der Waals surface area contributed by atoms with Crippen molar-refractivity contribution >= 4 is 11.6 Å². The first-order valence-electron chi connectivity index (χ1n) is 5.79. The van der Waals surface area contributed by atoms with Crippen molar-refractivity contribution in [3.63, 3.8) is 0 Å². The van der Waals surface area contributed by atoms with Crippen molar-refractivity contribution in [3.8, 4) is 6.07 Å². The second-order valence-electron chi connectivity index (χ2n) is 4.51. The summed E-state index contributed by atoms with van der Waals surface area (Å²) >= 11 is 6.09. The Hall–Kier alpha value is -1.05. The van der Waals surface area contributed by atoms with E-state index in [0.29, 0.717) is 11.6 Å². The van der Waals surface area contributed by atoms with E-state index < -0.39 is 5.54 Å². The Morgan fingerprint density at radius 1 is 1.53 bits per heavy atom. The van der Waals surface area contributed by atoms with Gasteiger partial charge in [-0.3, -0.25) is 10.00 Å². The van der Waals surface area contributed by atoms with Crippen molar-refractivity contribution in [1.29, 1.82) is 5.26 Å². The summed E-state index contributed by atoms with van der Waals surface area (Å²) in [4.78, 5) is 0. The molecule has 0 aliphatic carbocycles. The van der Waals surface area contributed by atoms with Gasteiger partial charge in [0.25, 0.3) is 0 Å². The molecule has 0 radical (unpaired) electrons. The Balaban J connectivity index is 2.88. The molecule has 1 rings (SSSR count). The van der Waals surface area contributed by atoms with Crippen LogP contribution in [0.25, 0.3) is 0 Å². The van der Waals surface area contributed by atoms with Gasteiger partial charge in [-0.1, -0.05) is 18.5 Å². The minimum Gasteiger partial charge on any atom is -0.298 e. The third-order valence-corrected chi connectivity index (χ3v) is 3.32. The number of nitrogens with one attached hydrogen (secondary N) is 1. The molecule has 1 aromatic rings. The second-order valence-corrected chi connectivity index (χ2v) is 4.89. The van der Waals surface area contributed by atoms with E-state index in [1.54, 1.807) is 4.68 Å². The highest BCUT2D eigenvalue weighted by molar-refractivity contribution is 6.31. The van der Waals surface area contributed by atoms with Crippen molar-refractivity contribution in [2.75, 3.05) is 6.54 Å². The van der Waals surface area contributed by atoms with Crippen LogP contribution in [0.4, 0.5) is 0 Å². The molecule has 5 heteroatoms. The summed E-state index contributed by atoms with van der Waals surface area (Å²) in [7, 11) is 0. The van der Waals surface area contributed by atoms with Crippen LogP contribution in [-0.4, -0.2) is 21.9 Å². The van der Waals surface area contributed by atoms with Gasteiger partial charge in [0.15, 0.2) is 0 Å². The molecular weight excluding hydrogens is 236 g/mol. The third kappa shape index (κ3) is 3.21. The lowest BCUT2D eigenvalue weighted by Crippen LogP contribution is -2.45. The average Bonchev–Trinajstić information content (AvgIpc) is 2.54. The number of rotatable bonds is 5. The highest BCUT2D eigenvalue weighted by atomic mass is 35.5. The molecule has 0 aliphatic rings. The van der Waals surface area contributed by atoms with Gasteiger partial charge in [-0.25, -0.2) is 0 Å². The summed E-state index contributed by atoms with van der Waals surface area (Å²) in [6.45, 7) is 9.06. The largest absolute Gasteiger partial charge is 0.298 e. The highest BCUT2D eigenvalue weighted by Gasteiger charge is 2.25. The molecule has 94 valence electrons. The maximum absolute atomic E-state index is 9.25. The predicted octanol–water partition coefficient (Wildman–Crippen LogP) is 2.44. The lowest BCUT2D eigenvalue weighted by molar-refractivity contribution is 0.366. The summed E-state index contributed by atoms with van der Waals surface area (Å²) in [5.41, 5.74) is 1.10. The Morgan fingerprint density at radius 2 is 2.18 bits per heavy atom. The molecule has 0 fully saturated rings. The van der Waals surface area contributed by atoms with E-state index in [1.165, 1.54) is 0 Å². The van der Waals surface area contributed by atoms with Gasteiger partial charge < -0.3 is 0 Å². The predicted molar refractivity (Wildman–Crippen MR) is 69.0 cm³/mol. The minimum absolute atomic E-state index is 0.503. The summed E-state index contributed by atoms with van der Waals surface area (Å²) in [6, 6.07) is 2.30. The van der Waals surface area contributed by atoms with Crippen molar-refractivity contribution < 1.29 is 0 Å². The van der Waals surface area contributed by atoms with Gasteiger partial charge in [-0.2, -0.15) is 10.4 Å². The Morgan fingerprint density at radius 3 is 2.59 bits per heavy atom. The molecule has 1 aromatic heterocycles. The van der Waals surface area contributed by atoms with Crippen LogP contribution in [-0.2, 0) is 6.54 Å². The summed E-state index contributed by atoms with van der Waals surface area (Å²) in [6.07, 6.45) is 0.995. The number of aryl methyl sites for hydroxylation is 1. The second kappa shape index (κ2) is 5.52. The lowest BCUT2D eigenvalue weighted by Gasteiger charge is -2.23. The van der Waals surface area contributed by atoms with Gasteiger partial charge >= 0.3 is 0 Å². The van der Waals surface area contributed by atoms with Crippen LogP contribution in [0, 0.1) is 25.2 Å². The monoisotopic (exact) mass is 254 g/mol. The van der Waals surface area contributed by atoms with Crippen molar-refractivity contribution in [3.05, 3.63) is 16.4 Å². The number of hydrogen-bond acceptors (Lipinski definition) is 3. The molecule has 1 heterocycles. The molecule has 0 bridgehead atoms. The van der Waals surface area contributed by atoms with E-state index in [2.05, 4.69) is 23.4 Å². The molecular formula is C12H19ClN4. The van der Waals surface area contributed by atoms with Crippen LogP contribution in [0.1, 0.15) is 31.7 Å². The average molecular weight is 255 g/mol. The van der Waals surface area contributed by atoms with Crippen LogP contribution in [0.15, 0.2) is 0 Å². The van der Waals surface area contributed by atoms with Crippen LogP contribution in [0.3, 0.4) is 0 Å². The van der Waals surface area contributed by atoms with Crippen molar-refractivity contribution in [2.24, 2.45) is 0 Å². The van der Waals surface area contributed by atoms with Crippen molar-refractivity contribution in [2.45, 2.75) is 46.2 Å². The minimum atomic E-state index is -0.609. The van der Waals surface area contributed by atoms with Crippen molar-refractivity contribution in [1.82, 2.24) is 15.1 Å². The van der Waals surface area contributed by atoms with Gasteiger partial charge in [0, 0.05) is 0 Å². The van der Waals surface area contributed by atoms with Crippen LogP contribution in [0.5, 0.6) is 0 Å². The maximum Gasteiger partial charge on any atom is 0.123 e. The first-order valence-corrected chi connectivity index (χ1v) is 6.17. The third-order valence-electron chi connectivity index (χ3n) is 2.77. The SMILES string of the molecule is CCCNC(C)(C#N)Cn1nc(C)c(Cl)c1C. The lowest BCUT2D eigenvalue weighted by atomic mass is 10.0. The highest BCUT2D eigenvalue weighted by Crippen LogP contribution is 2.20. The Bertz CT molecular complexity index is 432. The number of nitrogens with zero attached hydrogens (tertiary/aromatic N) is 3. The van der Waals surface area contributed by atoms with E-state index in [0.717, 1.165) is 24.4 Å². The van der Waals surface area contributed by atoms with Gasteiger partial charge in [0.1, 0.15) is 5.54 Å². The zero-order valence-electron chi connectivity index (χ0n) is 10.8. The van der Waals surface area contributed by atoms with Gasteiger partial charge in [0.2, 0.25) is 0 Å². The summed E-state index contributed by atoms with van der Waals surface area (Å²) in [5, 5.41) is 17.5. The Kier molecular flexibility index (Phi) is 4.55. The van der Waals surface area contributed by atoms with E-state index in [1.807, 2.05) is 20.8 Å². The first kappa shape index (κ1) is 14.0. The fourth-order valence-corrected chi connectivity index (χ4v) is 1.80. The van der Waals surface area contributed by atoms with Gasteiger partial charge in [0.05, 0.1) is 29.0 Å². The van der Waals surface area contributed by atoms with E-state index in [9.17, 15) is 5.26 Å². The quantitative estimate of drug-likeness (QED) is 0.878. The molecule has 1 unspecified atom stereocenters. The van der Waals surface area contributed by atoms with Gasteiger partial charge in [-0.05, 0) is 33.7 Å². The molecule has 0 aliphatic heterocycles. The van der Waals surface area contributed by atoms with E-state index >= 15 is 0 Å². The molecule has 0 amide bonds. The van der Waals surface area contributed by atoms with Crippen LogP contribution in [0.2, 0.25) is 5.02 Å². The number of aromatic nitrogens is 2. The van der Waals surface area contributed by atoms with Crippen LogP contribution < -0.4 is 5.32 Å². The molecule has 1 N–H and O–H groups in total. The van der Waals surface area contributed by atoms with E-state index in [-0.39, 0.29) is 0 Å². The first-order chi connectivity index (χ1) is 7.93. The molecule has 0 aromatic carbocycles. The zero-order chi connectivity index (χ0) is 13.1. The van der Waals surface area contributed by atoms with E-state index in [4.69, 9.17) is 11.6 Å². The fourth-order valence-electron chi connectivity index (χ4n) is 1.66. The molecule has 0 saturated carbocycles. The Labute approximate surface area is 108 Å². The molecule has 17 heavy (non-hydrogen) atoms. The normalized spacial score (nSPS) is 14.4. The zero-order valence-corrected chi connectivity index (χ0v) is 11.6. The number of nitriles is 1. The topological polar surface area (TPSA) is 53.6 Å². The number of halogens is 1. The summed E-state index contributed by atoms with van der Waals surface area (Å²) in [5.74, 6) is 0. The molecule has 1 atom stereocenters. The molecule has 4 nitrogen and oxygen atoms in total. The van der Waals surface area contributed by atoms with Crippen LogP contribution >= 0.6 is 11.6 Å². The van der Waals surface area contributed by atoms with Gasteiger partial charge in [-0.15, -0.1) is 0 Å². The maximum atomic E-state index is 9.25. The molecule has 0 spiro atoms.